The van der Waals surface area contributed by atoms with Crippen molar-refractivity contribution in [3.05, 3.63) is 0 Å². The SMILES string of the molecule is CC.CC1CCN(C(=O)C(C)(C)C)CC1. The molecular weight excluding hydrogens is 186 g/mol. The van der Waals surface area contributed by atoms with Crippen molar-refractivity contribution in [3.63, 3.8) is 0 Å². The molecule has 0 spiro atoms. The minimum absolute atomic E-state index is 0.208. The summed E-state index contributed by atoms with van der Waals surface area (Å²) in [7, 11) is 0. The topological polar surface area (TPSA) is 20.3 Å². The maximum atomic E-state index is 11.9. The number of nitrogens with zero attached hydrogens (tertiary/aromatic N) is 1. The Kier molecular flexibility index (Phi) is 5.92. The average molecular weight is 213 g/mol. The second-order valence-corrected chi connectivity index (χ2v) is 5.22. The molecule has 0 radical (unpaired) electrons. The van der Waals surface area contributed by atoms with E-state index in [4.69, 9.17) is 0 Å². The van der Waals surface area contributed by atoms with E-state index in [2.05, 4.69) is 6.92 Å². The van der Waals surface area contributed by atoms with Gasteiger partial charge in [0.15, 0.2) is 0 Å². The van der Waals surface area contributed by atoms with Gasteiger partial charge in [0, 0.05) is 18.5 Å². The minimum Gasteiger partial charge on any atom is -0.342 e. The number of carbonyl (C=O) groups excluding carboxylic acids is 1. The fourth-order valence-electron chi connectivity index (χ4n) is 1.69. The van der Waals surface area contributed by atoms with E-state index in [9.17, 15) is 4.79 Å². The van der Waals surface area contributed by atoms with E-state index in [1.807, 2.05) is 39.5 Å². The summed E-state index contributed by atoms with van der Waals surface area (Å²) in [4.78, 5) is 13.9. The number of piperidine rings is 1. The second kappa shape index (κ2) is 6.14. The van der Waals surface area contributed by atoms with E-state index in [1.165, 1.54) is 12.8 Å². The van der Waals surface area contributed by atoms with Crippen molar-refractivity contribution in [3.8, 4) is 0 Å². The molecule has 0 N–H and O–H groups in total. The molecule has 0 aromatic rings. The van der Waals surface area contributed by atoms with Gasteiger partial charge in [0.25, 0.3) is 0 Å². The van der Waals surface area contributed by atoms with Gasteiger partial charge in [-0.3, -0.25) is 4.79 Å². The molecule has 1 amide bonds. The minimum atomic E-state index is -0.208. The van der Waals surface area contributed by atoms with Crippen LogP contribution in [0.4, 0.5) is 0 Å². The van der Waals surface area contributed by atoms with Gasteiger partial charge in [0.2, 0.25) is 5.91 Å². The first-order valence-corrected chi connectivity index (χ1v) is 6.20. The third-order valence-electron chi connectivity index (χ3n) is 2.71. The van der Waals surface area contributed by atoms with Gasteiger partial charge in [-0.05, 0) is 18.8 Å². The maximum Gasteiger partial charge on any atom is 0.227 e. The first-order chi connectivity index (χ1) is 6.91. The predicted molar refractivity (Wildman–Crippen MR) is 65.8 cm³/mol. The normalized spacial score (nSPS) is 18.1. The highest BCUT2D eigenvalue weighted by Crippen LogP contribution is 2.22. The molecule has 0 saturated carbocycles. The van der Waals surface area contributed by atoms with E-state index in [0.717, 1.165) is 19.0 Å². The zero-order valence-electron chi connectivity index (χ0n) is 11.3. The molecule has 1 aliphatic rings. The van der Waals surface area contributed by atoms with Crippen LogP contribution in [0.5, 0.6) is 0 Å². The van der Waals surface area contributed by atoms with E-state index >= 15 is 0 Å². The number of rotatable bonds is 0. The molecule has 1 heterocycles. The first-order valence-electron chi connectivity index (χ1n) is 6.20. The Morgan fingerprint density at radius 1 is 1.13 bits per heavy atom. The molecule has 2 nitrogen and oxygen atoms in total. The van der Waals surface area contributed by atoms with Crippen LogP contribution >= 0.6 is 0 Å². The Bertz CT molecular complexity index is 185. The summed E-state index contributed by atoms with van der Waals surface area (Å²) in [5, 5.41) is 0. The fraction of sp³-hybridized carbons (Fsp3) is 0.923. The number of likely N-dealkylation sites (tertiary alicyclic amines) is 1. The van der Waals surface area contributed by atoms with Gasteiger partial charge >= 0.3 is 0 Å². The monoisotopic (exact) mass is 213 g/mol. The highest BCUT2D eigenvalue weighted by molar-refractivity contribution is 5.81. The third-order valence-corrected chi connectivity index (χ3v) is 2.71. The number of amides is 1. The van der Waals surface area contributed by atoms with Crippen LogP contribution < -0.4 is 0 Å². The van der Waals surface area contributed by atoms with Crippen LogP contribution in [0.3, 0.4) is 0 Å². The lowest BCUT2D eigenvalue weighted by Gasteiger charge is -2.34. The highest BCUT2D eigenvalue weighted by atomic mass is 16.2. The molecule has 1 aliphatic heterocycles. The van der Waals surface area contributed by atoms with Gasteiger partial charge in [-0.15, -0.1) is 0 Å². The molecule has 1 fully saturated rings. The molecule has 0 aromatic heterocycles. The average Bonchev–Trinajstić information content (AvgIpc) is 2.20. The van der Waals surface area contributed by atoms with E-state index in [0.29, 0.717) is 5.91 Å². The maximum absolute atomic E-state index is 11.9. The molecule has 0 bridgehead atoms. The molecule has 90 valence electrons. The van der Waals surface area contributed by atoms with E-state index in [1.54, 1.807) is 0 Å². The van der Waals surface area contributed by atoms with Crippen LogP contribution in [0.15, 0.2) is 0 Å². The van der Waals surface area contributed by atoms with Crippen molar-refractivity contribution in [2.45, 2.75) is 54.4 Å². The van der Waals surface area contributed by atoms with Crippen molar-refractivity contribution in [2.24, 2.45) is 11.3 Å². The van der Waals surface area contributed by atoms with E-state index < -0.39 is 0 Å². The lowest BCUT2D eigenvalue weighted by atomic mass is 9.92. The Morgan fingerprint density at radius 3 is 1.87 bits per heavy atom. The summed E-state index contributed by atoms with van der Waals surface area (Å²) in [6, 6.07) is 0. The summed E-state index contributed by atoms with van der Waals surface area (Å²) >= 11 is 0. The Balaban J connectivity index is 0.000000921. The third kappa shape index (κ3) is 4.67. The molecule has 15 heavy (non-hydrogen) atoms. The van der Waals surface area contributed by atoms with Gasteiger partial charge in [0.1, 0.15) is 0 Å². The number of carbonyl (C=O) groups is 1. The van der Waals surface area contributed by atoms with Gasteiger partial charge in [-0.25, -0.2) is 0 Å². The molecule has 1 rings (SSSR count). The van der Waals surface area contributed by atoms with Crippen LogP contribution in [0.1, 0.15) is 54.4 Å². The van der Waals surface area contributed by atoms with Crippen molar-refractivity contribution in [1.82, 2.24) is 4.90 Å². The van der Waals surface area contributed by atoms with Crippen LogP contribution in [0.2, 0.25) is 0 Å². The lowest BCUT2D eigenvalue weighted by molar-refractivity contribution is -0.140. The van der Waals surface area contributed by atoms with Crippen molar-refractivity contribution < 1.29 is 4.79 Å². The molecule has 1 saturated heterocycles. The smallest absolute Gasteiger partial charge is 0.227 e. The van der Waals surface area contributed by atoms with Crippen molar-refractivity contribution in [2.75, 3.05) is 13.1 Å². The Labute approximate surface area is 95.0 Å². The molecule has 0 atom stereocenters. The first kappa shape index (κ1) is 14.5. The van der Waals surface area contributed by atoms with Gasteiger partial charge < -0.3 is 4.90 Å². The largest absolute Gasteiger partial charge is 0.342 e. The second-order valence-electron chi connectivity index (χ2n) is 5.22. The van der Waals surface area contributed by atoms with Crippen LogP contribution in [0, 0.1) is 11.3 Å². The predicted octanol–water partition coefficient (Wildman–Crippen LogP) is 3.32. The summed E-state index contributed by atoms with van der Waals surface area (Å²) in [6.45, 7) is 14.2. The molecule has 2 heteroatoms. The lowest BCUT2D eigenvalue weighted by Crippen LogP contribution is -2.43. The standard InChI is InChI=1S/C11H21NO.C2H6/c1-9-5-7-12(8-6-9)10(13)11(2,3)4;1-2/h9H,5-8H2,1-4H3;1-2H3. The van der Waals surface area contributed by atoms with Gasteiger partial charge in [0.05, 0.1) is 0 Å². The van der Waals surface area contributed by atoms with Gasteiger partial charge in [-0.1, -0.05) is 41.5 Å². The van der Waals surface area contributed by atoms with E-state index in [-0.39, 0.29) is 5.41 Å². The summed E-state index contributed by atoms with van der Waals surface area (Å²) in [5.74, 6) is 1.10. The number of hydrogen-bond donors (Lipinski definition) is 0. The molecular formula is C13H27NO. The highest BCUT2D eigenvalue weighted by Gasteiger charge is 2.29. The zero-order chi connectivity index (χ0) is 12.1. The number of hydrogen-bond acceptors (Lipinski definition) is 1. The fourth-order valence-corrected chi connectivity index (χ4v) is 1.69. The Hall–Kier alpha value is -0.530. The van der Waals surface area contributed by atoms with Crippen LogP contribution in [-0.4, -0.2) is 23.9 Å². The van der Waals surface area contributed by atoms with Gasteiger partial charge in [-0.2, -0.15) is 0 Å². The Morgan fingerprint density at radius 2 is 1.53 bits per heavy atom. The van der Waals surface area contributed by atoms with Crippen LogP contribution in [0.25, 0.3) is 0 Å². The molecule has 0 aromatic carbocycles. The molecule has 0 unspecified atom stereocenters. The van der Waals surface area contributed by atoms with Crippen molar-refractivity contribution in [1.29, 1.82) is 0 Å². The zero-order valence-corrected chi connectivity index (χ0v) is 11.3. The summed E-state index contributed by atoms with van der Waals surface area (Å²) < 4.78 is 0. The van der Waals surface area contributed by atoms with Crippen molar-refractivity contribution >= 4 is 5.91 Å². The quantitative estimate of drug-likeness (QED) is 0.604. The summed E-state index contributed by atoms with van der Waals surface area (Å²) in [6.07, 6.45) is 2.34. The summed E-state index contributed by atoms with van der Waals surface area (Å²) in [5.41, 5.74) is -0.208. The molecule has 0 aliphatic carbocycles. The van der Waals surface area contributed by atoms with Crippen LogP contribution in [-0.2, 0) is 4.79 Å².